The molecule has 654 valence electrons. The lowest BCUT2D eigenvalue weighted by atomic mass is 9.33. The van der Waals surface area contributed by atoms with Gasteiger partial charge in [-0.25, -0.2) is 0 Å². The quantitative estimate of drug-likeness (QED) is 0.121. The minimum Gasteiger partial charge on any atom is -0.311 e. The van der Waals surface area contributed by atoms with Gasteiger partial charge < -0.3 is 28.1 Å². The molecule has 135 heavy (non-hydrogen) atoms. The summed E-state index contributed by atoms with van der Waals surface area (Å²) in [6, 6.07) is 111. The summed E-state index contributed by atoms with van der Waals surface area (Å²) >= 11 is 0. The minimum absolute atomic E-state index is 0.160. The first kappa shape index (κ1) is 71.5. The molecule has 0 N–H and O–H groups in total. The lowest BCUT2D eigenvalue weighted by Gasteiger charge is -2.45. The fourth-order valence-corrected chi connectivity index (χ4v) is 21.3. The fraction of sp³-hybridized carbons (Fsp3) is 0.156. The van der Waals surface area contributed by atoms with Gasteiger partial charge in [0.25, 0.3) is 6.71 Å². The minimum atomic E-state index is -0.653. The summed E-state index contributed by atoms with van der Waals surface area (Å²) in [7, 11) is 0. The molecule has 0 spiro atoms. The number of fused-ring (bicyclic) bond motifs is 16. The van der Waals surface area contributed by atoms with Gasteiger partial charge in [0.05, 0.1) is 70.6 Å². The van der Waals surface area contributed by atoms with Gasteiger partial charge in [-0.3, -0.25) is 0 Å². The van der Waals surface area contributed by atoms with Crippen LogP contribution in [0.2, 0.25) is 0 Å². The number of aromatic nitrogens is 4. The summed E-state index contributed by atoms with van der Waals surface area (Å²) in [6.45, 7) is 33.8. The van der Waals surface area contributed by atoms with E-state index in [1.54, 1.807) is 0 Å². The van der Waals surface area contributed by atoms with Crippen LogP contribution in [0.15, 0.2) is 388 Å². The SMILES string of the molecule is [2H]c1c([2H])c([2H])c2c(c1[2H])c1c([2H])c([2H])c([2H])c([2H])c1n2-c1c([2H])c([2H])c2c(c1[2H])c1cc(-n3c4ccccc4c4ccccc43)ccc1n2-c1cc2c3c(c1)N(c1c(-c4ccccc4)cc(C(C)(C)C)cc1-c1ccccc1)c1cc(-n4c5ccc(C(C)(C)C)cc5c5cc(C(C)(C)C)ccc54)ccc1B3c1ccc(-c3cc(C(C)(C)C)cc(C(C)(C)C)c3)cc1N2c1cc(-c2ccccc2)cc(-c2ccccc2)c1. The van der Waals surface area contributed by atoms with Gasteiger partial charge >= 0.3 is 0 Å². The van der Waals surface area contributed by atoms with Crippen molar-refractivity contribution in [3.63, 3.8) is 0 Å². The molecule has 24 rings (SSSR count). The number of benzene rings is 18. The van der Waals surface area contributed by atoms with E-state index in [0.29, 0.717) is 22.3 Å². The van der Waals surface area contributed by atoms with E-state index in [9.17, 15) is 15.1 Å². The Bertz CT molecular complexity index is 8990. The van der Waals surface area contributed by atoms with Crippen LogP contribution in [0, 0.1) is 0 Å². The van der Waals surface area contributed by atoms with Gasteiger partial charge in [-0.05, 0) is 261 Å². The largest absolute Gasteiger partial charge is 0.311 e. The van der Waals surface area contributed by atoms with E-state index in [1.807, 2.05) is 24.3 Å². The summed E-state index contributed by atoms with van der Waals surface area (Å²) in [4.78, 5) is 5.05. The Morgan fingerprint density at radius 2 is 0.600 bits per heavy atom. The average Bonchev–Trinajstić information content (AvgIpc) is 1.35. The van der Waals surface area contributed by atoms with E-state index >= 15 is 0 Å². The lowest BCUT2D eigenvalue weighted by molar-refractivity contribution is 0.569. The Balaban J connectivity index is 0.918. The van der Waals surface area contributed by atoms with E-state index in [4.69, 9.17) is 0 Å². The first-order valence-corrected chi connectivity index (χ1v) is 47.2. The van der Waals surface area contributed by atoms with Gasteiger partial charge in [0, 0.05) is 99.7 Å². The molecule has 0 atom stereocenters. The maximum absolute atomic E-state index is 11.6. The Kier molecular flexibility index (Phi) is 16.3. The first-order valence-electron chi connectivity index (χ1n) is 52.7. The molecular formula is C128H109BN6. The maximum atomic E-state index is 11.6. The van der Waals surface area contributed by atoms with Crippen LogP contribution >= 0.6 is 0 Å². The molecule has 2 aliphatic heterocycles. The molecule has 0 bridgehead atoms. The second-order valence-corrected chi connectivity index (χ2v) is 42.2. The molecule has 6 heterocycles. The molecule has 18 aromatic carbocycles. The van der Waals surface area contributed by atoms with Gasteiger partial charge in [0.15, 0.2) is 0 Å². The van der Waals surface area contributed by atoms with E-state index < -0.39 is 66.5 Å². The van der Waals surface area contributed by atoms with Crippen LogP contribution in [-0.2, 0) is 27.1 Å². The van der Waals surface area contributed by atoms with Crippen molar-refractivity contribution in [2.45, 2.75) is 131 Å². The highest BCUT2D eigenvalue weighted by molar-refractivity contribution is 7.00. The Hall–Kier alpha value is -15.2. The molecule has 0 unspecified atom stereocenters. The number of hydrogen-bond donors (Lipinski definition) is 0. The molecule has 0 saturated heterocycles. The van der Waals surface area contributed by atoms with Crippen LogP contribution in [0.25, 0.3) is 166 Å². The number of para-hydroxylation sites is 4. The lowest BCUT2D eigenvalue weighted by Crippen LogP contribution is -2.61. The van der Waals surface area contributed by atoms with Gasteiger partial charge in [-0.1, -0.05) is 346 Å². The predicted molar refractivity (Wildman–Crippen MR) is 579 cm³/mol. The Morgan fingerprint density at radius 1 is 0.215 bits per heavy atom. The molecule has 6 nitrogen and oxygen atoms in total. The first-order chi connectivity index (χ1) is 69.7. The number of rotatable bonds is 11. The highest BCUT2D eigenvalue weighted by Crippen LogP contribution is 2.55. The highest BCUT2D eigenvalue weighted by atomic mass is 15.2. The van der Waals surface area contributed by atoms with Crippen molar-refractivity contribution < 1.29 is 15.1 Å². The summed E-state index contributed by atoms with van der Waals surface area (Å²) in [5, 5.41) is 4.56. The van der Waals surface area contributed by atoms with Crippen molar-refractivity contribution in [2.24, 2.45) is 0 Å². The van der Waals surface area contributed by atoms with Crippen LogP contribution in [0.1, 0.15) is 147 Å². The average molecular weight is 1750 g/mol. The molecular weight excluding hydrogens is 1630 g/mol. The van der Waals surface area contributed by atoms with Crippen LogP contribution in [-0.4, -0.2) is 25.0 Å². The van der Waals surface area contributed by atoms with Crippen LogP contribution in [0.3, 0.4) is 0 Å². The third-order valence-corrected chi connectivity index (χ3v) is 28.4. The van der Waals surface area contributed by atoms with Crippen LogP contribution < -0.4 is 26.2 Å². The molecule has 22 aromatic rings. The molecule has 0 aliphatic carbocycles. The molecule has 7 heteroatoms. The predicted octanol–water partition coefficient (Wildman–Crippen LogP) is 33.0. The summed E-state index contributed by atoms with van der Waals surface area (Å²) in [5.41, 5.74) is 28.8. The van der Waals surface area contributed by atoms with Crippen molar-refractivity contribution >= 4 is 144 Å². The fourth-order valence-electron chi connectivity index (χ4n) is 21.3. The zero-order valence-electron chi connectivity index (χ0n) is 89.9. The molecule has 0 fully saturated rings. The van der Waals surface area contributed by atoms with Gasteiger partial charge in [0.2, 0.25) is 0 Å². The number of anilines is 6. The third kappa shape index (κ3) is 13.6. The second-order valence-electron chi connectivity index (χ2n) is 42.2. The van der Waals surface area contributed by atoms with Crippen molar-refractivity contribution in [3.8, 4) is 78.4 Å². The molecule has 4 aromatic heterocycles. The molecule has 0 saturated carbocycles. The van der Waals surface area contributed by atoms with Crippen molar-refractivity contribution in [3.05, 3.63) is 416 Å². The van der Waals surface area contributed by atoms with Crippen molar-refractivity contribution in [1.29, 1.82) is 0 Å². The van der Waals surface area contributed by atoms with Crippen LogP contribution in [0.4, 0.5) is 34.1 Å². The van der Waals surface area contributed by atoms with Gasteiger partial charge in [-0.15, -0.1) is 0 Å². The standard InChI is InChI=1S/C128H109BN6/c1-124(2,3)88-53-60-114-104(71-88)105-72-89(125(4,5)6)54-61-115(105)132(114)95-55-59-109-119(77-95)135(123-102(82-40-24-18-25-41-82)73-92(128(13,14)15)74-103(123)83-42-26-19-27-43-83)121-79-97(133-116-62-56-93(130-110-48-32-28-44-98(110)99-45-29-33-49-111(99)130)75-106(116)107-76-94(57-63-117(107)133)131-112-50-34-30-46-100(112)101-47-31-35-51-113(101)131)78-120-122(121)129(109)108-58-52-84(87-65-90(126(7,8)9)70-91(66-87)127(10,11)12)69-118(108)134(120)96-67-85(80-36-20-16-21-37-80)64-86(68-96)81-38-22-17-23-39-81/h16-79H,1-15H3/i28D,29D,32D,33D,44D,45D,48D,49D,56D,62D,75D. The van der Waals surface area contributed by atoms with Gasteiger partial charge in [0.1, 0.15) is 0 Å². The third-order valence-electron chi connectivity index (χ3n) is 28.4. The van der Waals surface area contributed by atoms with E-state index in [1.165, 1.54) is 26.8 Å². The van der Waals surface area contributed by atoms with Crippen molar-refractivity contribution in [2.75, 3.05) is 9.80 Å². The summed E-state index contributed by atoms with van der Waals surface area (Å²) in [6.07, 6.45) is 0. The normalized spacial score (nSPS) is 14.2. The molecule has 2 aliphatic rings. The maximum Gasteiger partial charge on any atom is 0.252 e. The smallest absolute Gasteiger partial charge is 0.252 e. The zero-order chi connectivity index (χ0) is 102. The molecule has 0 radical (unpaired) electrons. The van der Waals surface area contributed by atoms with Gasteiger partial charge in [-0.2, -0.15) is 0 Å². The monoisotopic (exact) mass is 1750 g/mol. The molecule has 0 amide bonds. The summed E-state index contributed by atoms with van der Waals surface area (Å²) in [5.74, 6) is 0. The number of nitrogens with zero attached hydrogens (tertiary/aromatic N) is 6. The van der Waals surface area contributed by atoms with E-state index in [-0.39, 0.29) is 72.1 Å². The van der Waals surface area contributed by atoms with E-state index in [2.05, 4.69) is 425 Å². The van der Waals surface area contributed by atoms with E-state index in [0.717, 1.165) is 161 Å². The number of hydrogen-bond acceptors (Lipinski definition) is 2. The Labute approximate surface area is 807 Å². The Morgan fingerprint density at radius 3 is 1.11 bits per heavy atom. The topological polar surface area (TPSA) is 26.2 Å². The van der Waals surface area contributed by atoms with Crippen molar-refractivity contribution in [1.82, 2.24) is 18.3 Å². The summed E-state index contributed by atoms with van der Waals surface area (Å²) < 4.78 is 119. The van der Waals surface area contributed by atoms with Crippen LogP contribution in [0.5, 0.6) is 0 Å². The highest BCUT2D eigenvalue weighted by Gasteiger charge is 2.46. The zero-order valence-corrected chi connectivity index (χ0v) is 78.9. The second kappa shape index (κ2) is 30.7.